The lowest BCUT2D eigenvalue weighted by molar-refractivity contribution is -0.861. The molecule has 30 heavy (non-hydrogen) atoms. The third-order valence-electron chi connectivity index (χ3n) is 5.50. The summed E-state index contributed by atoms with van der Waals surface area (Å²) in [6, 6.07) is 6.22. The molecule has 1 aromatic carbocycles. The van der Waals surface area contributed by atoms with Crippen molar-refractivity contribution in [3.8, 4) is 0 Å². The zero-order chi connectivity index (χ0) is 22.6. The number of amides is 1. The van der Waals surface area contributed by atoms with Gasteiger partial charge in [0.15, 0.2) is 6.54 Å². The molecule has 0 aliphatic heterocycles. The number of anilines is 1. The number of rotatable bonds is 9. The highest BCUT2D eigenvalue weighted by molar-refractivity contribution is 5.98. The van der Waals surface area contributed by atoms with Crippen LogP contribution in [0.1, 0.15) is 51.4 Å². The van der Waals surface area contributed by atoms with Crippen LogP contribution in [0.2, 0.25) is 0 Å². The summed E-state index contributed by atoms with van der Waals surface area (Å²) in [5.41, 5.74) is 6.85. The van der Waals surface area contributed by atoms with Crippen LogP contribution < -0.4 is 10.2 Å². The Morgan fingerprint density at radius 3 is 2.23 bits per heavy atom. The number of ether oxygens (including phenoxy) is 1. The van der Waals surface area contributed by atoms with Gasteiger partial charge in [-0.3, -0.25) is 9.59 Å². The minimum absolute atomic E-state index is 0.0481. The summed E-state index contributed by atoms with van der Waals surface area (Å²) in [5.74, 6) is -0.0403. The number of aromatic nitrogens is 1. The number of hydrogen-bond donors (Lipinski definition) is 2. The molecule has 2 N–H and O–H groups in total. The molecule has 0 radical (unpaired) electrons. The number of benzene rings is 1. The first-order valence-corrected chi connectivity index (χ1v) is 10.4. The summed E-state index contributed by atoms with van der Waals surface area (Å²) in [6.07, 6.45) is 0. The molecule has 0 aliphatic rings. The standard InChI is InChI=1S/C24H35N3O3/c1-15-9-16(2)24(17(3)10-15)25-23(29)13-26(7)12-22(28)21-11-18(4)27(20(21)6)19(5)14-30-8/h9-11,19H,12-14H2,1-8H3,(H,25,29)/p+1/t19-/m1/s1. The fourth-order valence-electron chi connectivity index (χ4n) is 4.32. The first kappa shape index (κ1) is 23.8. The van der Waals surface area contributed by atoms with Crippen LogP contribution >= 0.6 is 0 Å². The van der Waals surface area contributed by atoms with Crippen LogP contribution in [-0.4, -0.2) is 50.1 Å². The Balaban J connectivity index is 2.03. The molecule has 0 aliphatic carbocycles. The number of methoxy groups -OCH3 is 1. The summed E-state index contributed by atoms with van der Waals surface area (Å²) in [6.45, 7) is 13.2. The van der Waals surface area contributed by atoms with E-state index in [-0.39, 0.29) is 30.8 Å². The van der Waals surface area contributed by atoms with E-state index >= 15 is 0 Å². The van der Waals surface area contributed by atoms with Crippen molar-refractivity contribution in [2.45, 2.75) is 47.6 Å². The molecular formula is C24H36N3O3+. The van der Waals surface area contributed by atoms with Crippen LogP contribution in [0.3, 0.4) is 0 Å². The average molecular weight is 415 g/mol. The van der Waals surface area contributed by atoms with Crippen molar-refractivity contribution in [3.05, 3.63) is 51.8 Å². The lowest BCUT2D eigenvalue weighted by atomic mass is 10.1. The second-order valence-electron chi connectivity index (χ2n) is 8.51. The first-order chi connectivity index (χ1) is 14.0. The molecular weight excluding hydrogens is 378 g/mol. The third kappa shape index (κ3) is 5.58. The Hall–Kier alpha value is -2.44. The Kier molecular flexibility index (Phi) is 7.98. The van der Waals surface area contributed by atoms with Crippen LogP contribution in [0, 0.1) is 34.6 Å². The Bertz CT molecular complexity index is 907. The van der Waals surface area contributed by atoms with Crippen molar-refractivity contribution in [2.24, 2.45) is 0 Å². The molecule has 0 spiro atoms. The van der Waals surface area contributed by atoms with Gasteiger partial charge in [-0.1, -0.05) is 17.7 Å². The van der Waals surface area contributed by atoms with Gasteiger partial charge in [-0.2, -0.15) is 0 Å². The van der Waals surface area contributed by atoms with Crippen LogP contribution in [-0.2, 0) is 9.53 Å². The van der Waals surface area contributed by atoms with Gasteiger partial charge in [0.25, 0.3) is 5.91 Å². The van der Waals surface area contributed by atoms with E-state index < -0.39 is 0 Å². The zero-order valence-electron chi connectivity index (χ0n) is 19.6. The van der Waals surface area contributed by atoms with Gasteiger partial charge in [0, 0.05) is 29.7 Å². The number of carbonyl (C=O) groups excluding carboxylic acids is 2. The van der Waals surface area contributed by atoms with Gasteiger partial charge in [-0.25, -0.2) is 0 Å². The smallest absolute Gasteiger partial charge is 0.279 e. The number of hydrogen-bond acceptors (Lipinski definition) is 3. The van der Waals surface area contributed by atoms with Gasteiger partial charge in [0.1, 0.15) is 6.54 Å². The maximum Gasteiger partial charge on any atom is 0.279 e. The highest BCUT2D eigenvalue weighted by Gasteiger charge is 2.22. The second kappa shape index (κ2) is 10.0. The van der Waals surface area contributed by atoms with E-state index in [0.717, 1.165) is 38.7 Å². The minimum Gasteiger partial charge on any atom is -0.383 e. The number of aryl methyl sites for hydroxylation is 4. The van der Waals surface area contributed by atoms with Crippen molar-refractivity contribution >= 4 is 17.4 Å². The fraction of sp³-hybridized carbons (Fsp3) is 0.500. The molecule has 0 bridgehead atoms. The Morgan fingerprint density at radius 1 is 1.07 bits per heavy atom. The predicted molar refractivity (Wildman–Crippen MR) is 121 cm³/mol. The van der Waals surface area contributed by atoms with Crippen LogP contribution in [0.15, 0.2) is 18.2 Å². The van der Waals surface area contributed by atoms with Crippen molar-refractivity contribution in [1.82, 2.24) is 4.57 Å². The molecule has 6 heteroatoms. The van der Waals surface area contributed by atoms with Gasteiger partial charge in [-0.05, 0) is 58.7 Å². The monoisotopic (exact) mass is 414 g/mol. The van der Waals surface area contributed by atoms with E-state index in [4.69, 9.17) is 4.74 Å². The molecule has 164 valence electrons. The molecule has 0 saturated carbocycles. The molecule has 0 fully saturated rings. The highest BCUT2D eigenvalue weighted by atomic mass is 16.5. The largest absolute Gasteiger partial charge is 0.383 e. The van der Waals surface area contributed by atoms with Gasteiger partial charge in [0.05, 0.1) is 19.7 Å². The predicted octanol–water partition coefficient (Wildman–Crippen LogP) is 2.57. The molecule has 2 aromatic rings. The SMILES string of the molecule is COC[C@@H](C)n1c(C)cc(C(=O)C[NH+](C)CC(=O)Nc2c(C)cc(C)cc2C)c1C. The van der Waals surface area contributed by atoms with Crippen LogP contribution in [0.25, 0.3) is 0 Å². The number of nitrogens with one attached hydrogen (secondary N) is 2. The van der Waals surface area contributed by atoms with Crippen LogP contribution in [0.5, 0.6) is 0 Å². The van der Waals surface area contributed by atoms with Crippen molar-refractivity contribution in [2.75, 3.05) is 39.2 Å². The van der Waals surface area contributed by atoms with Gasteiger partial charge < -0.3 is 19.5 Å². The molecule has 1 unspecified atom stereocenters. The summed E-state index contributed by atoms with van der Waals surface area (Å²) in [4.78, 5) is 26.3. The Labute approximate surface area is 180 Å². The molecule has 0 saturated heterocycles. The van der Waals surface area contributed by atoms with Crippen LogP contribution in [0.4, 0.5) is 5.69 Å². The van der Waals surface area contributed by atoms with Gasteiger partial charge >= 0.3 is 0 Å². The van der Waals surface area contributed by atoms with Crippen molar-refractivity contribution in [1.29, 1.82) is 0 Å². The van der Waals surface area contributed by atoms with E-state index in [1.54, 1.807) is 7.11 Å². The van der Waals surface area contributed by atoms with Crippen molar-refractivity contribution in [3.63, 3.8) is 0 Å². The van der Waals surface area contributed by atoms with E-state index in [2.05, 4.69) is 28.9 Å². The number of Topliss-reactive ketones (excluding diaryl/α,β-unsaturated/α-hetero) is 1. The Morgan fingerprint density at radius 2 is 1.67 bits per heavy atom. The lowest BCUT2D eigenvalue weighted by Gasteiger charge is -2.18. The molecule has 1 aromatic heterocycles. The number of ketones is 1. The maximum absolute atomic E-state index is 12.9. The van der Waals surface area contributed by atoms with E-state index in [1.807, 2.05) is 47.7 Å². The van der Waals surface area contributed by atoms with E-state index in [9.17, 15) is 9.59 Å². The third-order valence-corrected chi connectivity index (χ3v) is 5.50. The molecule has 1 amide bonds. The van der Waals surface area contributed by atoms with E-state index in [0.29, 0.717) is 6.61 Å². The molecule has 6 nitrogen and oxygen atoms in total. The average Bonchev–Trinajstić information content (AvgIpc) is 2.92. The van der Waals surface area contributed by atoms with Crippen molar-refractivity contribution < 1.29 is 19.2 Å². The highest BCUT2D eigenvalue weighted by Crippen LogP contribution is 2.22. The summed E-state index contributed by atoms with van der Waals surface area (Å²) in [7, 11) is 3.55. The first-order valence-electron chi connectivity index (χ1n) is 10.4. The van der Waals surface area contributed by atoms with Gasteiger partial charge in [-0.15, -0.1) is 0 Å². The quantitative estimate of drug-likeness (QED) is 0.620. The van der Waals surface area contributed by atoms with Gasteiger partial charge in [0.2, 0.25) is 5.78 Å². The second-order valence-corrected chi connectivity index (χ2v) is 8.51. The zero-order valence-corrected chi connectivity index (χ0v) is 19.6. The maximum atomic E-state index is 12.9. The topological polar surface area (TPSA) is 64.8 Å². The molecule has 2 atom stereocenters. The summed E-state index contributed by atoms with van der Waals surface area (Å²) >= 11 is 0. The fourth-order valence-corrected chi connectivity index (χ4v) is 4.32. The van der Waals surface area contributed by atoms with E-state index in [1.165, 1.54) is 5.56 Å². The number of likely N-dealkylation sites (N-methyl/N-ethyl adjacent to an activating group) is 1. The summed E-state index contributed by atoms with van der Waals surface area (Å²) < 4.78 is 7.40. The summed E-state index contributed by atoms with van der Waals surface area (Å²) in [5, 5.41) is 3.01. The number of quaternary nitrogens is 1. The molecule has 2 rings (SSSR count). The number of nitrogens with zero attached hydrogens (tertiary/aromatic N) is 1. The molecule has 1 heterocycles. The lowest BCUT2D eigenvalue weighted by Crippen LogP contribution is -3.11. The minimum atomic E-state index is -0.0884. The number of carbonyl (C=O) groups is 2. The normalized spacial score (nSPS) is 13.2.